The molecule has 1 amide bonds. The van der Waals surface area contributed by atoms with Crippen LogP contribution in [0.5, 0.6) is 0 Å². The highest BCUT2D eigenvalue weighted by molar-refractivity contribution is 5.94. The second-order valence-electron chi connectivity index (χ2n) is 10.9. The maximum atomic E-state index is 13.4. The Bertz CT molecular complexity index is 978. The van der Waals surface area contributed by atoms with Crippen LogP contribution in [0.2, 0.25) is 0 Å². The van der Waals surface area contributed by atoms with Crippen molar-refractivity contribution in [3.05, 3.63) is 52.8 Å². The van der Waals surface area contributed by atoms with Crippen LogP contribution in [0.25, 0.3) is 0 Å². The normalized spacial score (nSPS) is 17.1. The molecule has 1 aliphatic rings. The molecule has 0 bridgehead atoms. The summed E-state index contributed by atoms with van der Waals surface area (Å²) in [5.41, 5.74) is 9.61. The molecule has 3 rings (SSSR count). The molecule has 2 N–H and O–H groups in total. The Labute approximate surface area is 198 Å². The summed E-state index contributed by atoms with van der Waals surface area (Å²) >= 11 is 0. The Morgan fingerprint density at radius 2 is 1.82 bits per heavy atom. The van der Waals surface area contributed by atoms with Gasteiger partial charge in [0, 0.05) is 24.9 Å². The van der Waals surface area contributed by atoms with Crippen LogP contribution >= 0.6 is 0 Å². The van der Waals surface area contributed by atoms with E-state index < -0.39 is 6.04 Å². The third kappa shape index (κ3) is 6.32. The quantitative estimate of drug-likeness (QED) is 0.634. The number of amides is 1. The van der Waals surface area contributed by atoms with Crippen molar-refractivity contribution >= 4 is 11.7 Å². The van der Waals surface area contributed by atoms with E-state index in [1.54, 1.807) is 6.92 Å². The van der Waals surface area contributed by atoms with Crippen molar-refractivity contribution in [2.45, 2.75) is 78.8 Å². The lowest BCUT2D eigenvalue weighted by Crippen LogP contribution is -2.46. The van der Waals surface area contributed by atoms with Crippen molar-refractivity contribution in [1.29, 1.82) is 0 Å². The number of benzene rings is 1. The van der Waals surface area contributed by atoms with Crippen LogP contribution < -0.4 is 5.73 Å². The lowest BCUT2D eigenvalue weighted by molar-refractivity contribution is -0.133. The molecule has 1 unspecified atom stereocenters. The van der Waals surface area contributed by atoms with Crippen LogP contribution in [0, 0.1) is 18.8 Å². The van der Waals surface area contributed by atoms with E-state index in [1.165, 1.54) is 5.56 Å². The largest absolute Gasteiger partial charge is 0.341 e. The summed E-state index contributed by atoms with van der Waals surface area (Å²) in [5, 5.41) is 4.83. The summed E-state index contributed by atoms with van der Waals surface area (Å²) in [7, 11) is 0. The fraction of sp³-hybridized carbons (Fsp3) is 0.593. The maximum Gasteiger partial charge on any atom is 0.239 e. The first-order valence-electron chi connectivity index (χ1n) is 12.2. The average molecular weight is 453 g/mol. The molecule has 1 fully saturated rings. The van der Waals surface area contributed by atoms with E-state index in [0.717, 1.165) is 37.2 Å². The summed E-state index contributed by atoms with van der Waals surface area (Å²) in [6.45, 7) is 14.4. The molecule has 33 heavy (non-hydrogen) atoms. The highest BCUT2D eigenvalue weighted by atomic mass is 16.2. The Balaban J connectivity index is 1.72. The Hall–Kier alpha value is -2.47. The van der Waals surface area contributed by atoms with Crippen molar-refractivity contribution in [1.82, 2.24) is 14.7 Å². The summed E-state index contributed by atoms with van der Waals surface area (Å²) in [4.78, 5) is 27.5. The molecule has 1 saturated heterocycles. The first-order valence-corrected chi connectivity index (χ1v) is 12.2. The molecule has 6 heteroatoms. The van der Waals surface area contributed by atoms with Crippen molar-refractivity contribution in [2.75, 3.05) is 13.1 Å². The van der Waals surface area contributed by atoms with Crippen molar-refractivity contribution in [3.8, 4) is 0 Å². The predicted octanol–water partition coefficient (Wildman–Crippen LogP) is 4.33. The Morgan fingerprint density at radius 1 is 1.15 bits per heavy atom. The summed E-state index contributed by atoms with van der Waals surface area (Å²) in [6, 6.07) is 9.88. The number of hydrogen-bond acceptors (Lipinski definition) is 4. The molecule has 2 atom stereocenters. The van der Waals surface area contributed by atoms with Gasteiger partial charge in [0.15, 0.2) is 5.78 Å². The number of nitrogens with two attached hydrogens (primary N) is 1. The summed E-state index contributed by atoms with van der Waals surface area (Å²) < 4.78 is 1.88. The number of ketones is 1. The van der Waals surface area contributed by atoms with Gasteiger partial charge in [-0.15, -0.1) is 0 Å². The third-order valence-electron chi connectivity index (χ3n) is 6.80. The SMILES string of the molecule is Cc1cccc(Cn2nc(C(C)(C)C)cc2C(=O)CC(C)C2CCN(C(=O)[C@H](C)N)CC2)c1. The number of piperidine rings is 1. The van der Waals surface area contributed by atoms with Gasteiger partial charge in [0.25, 0.3) is 0 Å². The van der Waals surface area contributed by atoms with Crippen LogP contribution in [0.1, 0.15) is 81.2 Å². The average Bonchev–Trinajstić information content (AvgIpc) is 3.17. The van der Waals surface area contributed by atoms with Crippen LogP contribution in [-0.4, -0.2) is 45.5 Å². The number of likely N-dealkylation sites (tertiary alicyclic amines) is 1. The monoisotopic (exact) mass is 452 g/mol. The number of Topliss-reactive ketones (excluding diaryl/α,β-unsaturated/α-hetero) is 1. The lowest BCUT2D eigenvalue weighted by atomic mass is 9.82. The highest BCUT2D eigenvalue weighted by Crippen LogP contribution is 2.29. The minimum absolute atomic E-state index is 0.0203. The third-order valence-corrected chi connectivity index (χ3v) is 6.80. The smallest absolute Gasteiger partial charge is 0.239 e. The van der Waals surface area contributed by atoms with Gasteiger partial charge >= 0.3 is 0 Å². The predicted molar refractivity (Wildman–Crippen MR) is 132 cm³/mol. The molecular formula is C27H40N4O2. The fourth-order valence-electron chi connectivity index (χ4n) is 4.65. The minimum Gasteiger partial charge on any atom is -0.341 e. The topological polar surface area (TPSA) is 81.2 Å². The van der Waals surface area contributed by atoms with Gasteiger partial charge in [-0.2, -0.15) is 5.10 Å². The zero-order valence-corrected chi connectivity index (χ0v) is 21.1. The number of carbonyl (C=O) groups is 2. The van der Waals surface area contributed by atoms with E-state index in [1.807, 2.05) is 21.7 Å². The standard InChI is InChI=1S/C27H40N4O2/c1-18-8-7-9-21(14-18)17-31-23(16-25(29-31)27(4,5)6)24(32)15-19(2)22-10-12-30(13-11-22)26(33)20(3)28/h7-9,14,16,19-20,22H,10-13,15,17,28H2,1-6H3/t19?,20-/m0/s1. The first kappa shape index (κ1) is 25.2. The van der Waals surface area contributed by atoms with Crippen LogP contribution in [0.4, 0.5) is 0 Å². The first-order chi connectivity index (χ1) is 15.5. The van der Waals surface area contributed by atoms with Crippen molar-refractivity contribution in [3.63, 3.8) is 0 Å². The lowest BCUT2D eigenvalue weighted by Gasteiger charge is -2.35. The van der Waals surface area contributed by atoms with Crippen molar-refractivity contribution in [2.24, 2.45) is 17.6 Å². The van der Waals surface area contributed by atoms with Gasteiger partial charge in [0.1, 0.15) is 5.69 Å². The van der Waals surface area contributed by atoms with E-state index in [9.17, 15) is 9.59 Å². The van der Waals surface area contributed by atoms with Gasteiger partial charge in [0.2, 0.25) is 5.91 Å². The number of aryl methyl sites for hydroxylation is 1. The molecule has 0 saturated carbocycles. The summed E-state index contributed by atoms with van der Waals surface area (Å²) in [6.07, 6.45) is 2.33. The number of rotatable bonds is 7. The van der Waals surface area contributed by atoms with Gasteiger partial charge in [-0.05, 0) is 50.2 Å². The number of aromatic nitrogens is 2. The van der Waals surface area contributed by atoms with Gasteiger partial charge in [-0.3, -0.25) is 14.3 Å². The van der Waals surface area contributed by atoms with E-state index in [-0.39, 0.29) is 23.0 Å². The van der Waals surface area contributed by atoms with E-state index in [2.05, 4.69) is 52.8 Å². The fourth-order valence-corrected chi connectivity index (χ4v) is 4.65. The molecule has 2 heterocycles. The van der Waals surface area contributed by atoms with Crippen LogP contribution in [0.15, 0.2) is 30.3 Å². The molecule has 2 aromatic rings. The molecule has 0 aliphatic carbocycles. The van der Waals surface area contributed by atoms with E-state index >= 15 is 0 Å². The second-order valence-corrected chi connectivity index (χ2v) is 10.9. The van der Waals surface area contributed by atoms with Gasteiger partial charge < -0.3 is 10.6 Å². The molecule has 1 aromatic heterocycles. The maximum absolute atomic E-state index is 13.4. The highest BCUT2D eigenvalue weighted by Gasteiger charge is 2.30. The molecular weight excluding hydrogens is 412 g/mol. The zero-order valence-electron chi connectivity index (χ0n) is 21.1. The molecule has 6 nitrogen and oxygen atoms in total. The molecule has 0 spiro atoms. The number of hydrogen-bond donors (Lipinski definition) is 1. The van der Waals surface area contributed by atoms with Gasteiger partial charge in [-0.25, -0.2) is 0 Å². The van der Waals surface area contributed by atoms with Crippen LogP contribution in [0.3, 0.4) is 0 Å². The minimum atomic E-state index is -0.453. The van der Waals surface area contributed by atoms with Gasteiger partial charge in [-0.1, -0.05) is 57.5 Å². The van der Waals surface area contributed by atoms with Crippen molar-refractivity contribution < 1.29 is 9.59 Å². The van der Waals surface area contributed by atoms with Crippen LogP contribution in [-0.2, 0) is 16.8 Å². The number of nitrogens with zero attached hydrogens (tertiary/aromatic N) is 3. The molecule has 0 radical (unpaired) electrons. The molecule has 1 aromatic carbocycles. The Morgan fingerprint density at radius 3 is 2.39 bits per heavy atom. The Kier molecular flexibility index (Phi) is 7.78. The zero-order chi connectivity index (χ0) is 24.3. The molecule has 1 aliphatic heterocycles. The molecule has 180 valence electrons. The van der Waals surface area contributed by atoms with Gasteiger partial charge in [0.05, 0.1) is 18.3 Å². The number of carbonyl (C=O) groups excluding carboxylic acids is 2. The second kappa shape index (κ2) is 10.2. The summed E-state index contributed by atoms with van der Waals surface area (Å²) in [5.74, 6) is 0.853. The van der Waals surface area contributed by atoms with E-state index in [0.29, 0.717) is 24.6 Å². The van der Waals surface area contributed by atoms with E-state index in [4.69, 9.17) is 10.8 Å².